The molecule has 4 nitrogen and oxygen atoms in total. The lowest BCUT2D eigenvalue weighted by Gasteiger charge is -2.11. The number of carbonyl (C=O) groups is 1. The summed E-state index contributed by atoms with van der Waals surface area (Å²) in [6, 6.07) is 20.2. The Morgan fingerprint density at radius 1 is 0.696 bits per heavy atom. The third kappa shape index (κ3) is 2.30. The Hall–Kier alpha value is -3.27. The first-order chi connectivity index (χ1) is 11.2. The van der Waals surface area contributed by atoms with Crippen LogP contribution in [0.15, 0.2) is 66.7 Å². The van der Waals surface area contributed by atoms with Gasteiger partial charge in [0.2, 0.25) is 0 Å². The third-order valence-corrected chi connectivity index (χ3v) is 3.92. The molecule has 1 aliphatic rings. The summed E-state index contributed by atoms with van der Waals surface area (Å²) in [5.74, 6) is 0.0622. The van der Waals surface area contributed by atoms with Gasteiger partial charge in [0.05, 0.1) is 22.6 Å². The van der Waals surface area contributed by atoms with Gasteiger partial charge in [-0.2, -0.15) is 0 Å². The summed E-state index contributed by atoms with van der Waals surface area (Å²) in [6.07, 6.45) is 0. The molecule has 0 aliphatic carbocycles. The van der Waals surface area contributed by atoms with Crippen LogP contribution in [-0.2, 0) is 0 Å². The van der Waals surface area contributed by atoms with Gasteiger partial charge in [0, 0.05) is 5.56 Å². The highest BCUT2D eigenvalue weighted by molar-refractivity contribution is 6.12. The SMILES string of the molecule is O=C1Nc2ccccc2Nc2cc(-c3ccccc3O)ccc21. The summed E-state index contributed by atoms with van der Waals surface area (Å²) in [5.41, 5.74) is 4.46. The maximum atomic E-state index is 12.4. The molecule has 3 aromatic rings. The smallest absolute Gasteiger partial charge is 0.257 e. The molecule has 3 aromatic carbocycles. The molecule has 0 fully saturated rings. The number of anilines is 3. The molecule has 0 spiro atoms. The van der Waals surface area contributed by atoms with Crippen LogP contribution in [0.25, 0.3) is 11.1 Å². The standard InChI is InChI=1S/C19H14N2O2/c22-18-8-4-1-5-13(18)12-9-10-14-17(11-12)20-15-6-2-3-7-16(15)21-19(14)23/h1-11,20,22H,(H,21,23). The number of phenols is 1. The van der Waals surface area contributed by atoms with Gasteiger partial charge in [-0.3, -0.25) is 4.79 Å². The molecule has 3 N–H and O–H groups in total. The Morgan fingerprint density at radius 2 is 1.39 bits per heavy atom. The summed E-state index contributed by atoms with van der Waals surface area (Å²) >= 11 is 0. The van der Waals surface area contributed by atoms with Gasteiger partial charge in [-0.05, 0) is 35.9 Å². The van der Waals surface area contributed by atoms with Crippen LogP contribution in [0.4, 0.5) is 17.1 Å². The molecule has 4 rings (SSSR count). The van der Waals surface area contributed by atoms with E-state index in [4.69, 9.17) is 0 Å². The molecular weight excluding hydrogens is 288 g/mol. The lowest BCUT2D eigenvalue weighted by atomic mass is 10.0. The third-order valence-electron chi connectivity index (χ3n) is 3.92. The van der Waals surface area contributed by atoms with E-state index in [9.17, 15) is 9.90 Å². The Balaban J connectivity index is 1.85. The topological polar surface area (TPSA) is 61.4 Å². The predicted molar refractivity (Wildman–Crippen MR) is 91.2 cm³/mol. The number of para-hydroxylation sites is 3. The van der Waals surface area contributed by atoms with E-state index in [1.165, 1.54) is 0 Å². The van der Waals surface area contributed by atoms with Crippen LogP contribution in [0.3, 0.4) is 0 Å². The van der Waals surface area contributed by atoms with E-state index in [0.717, 1.165) is 22.5 Å². The van der Waals surface area contributed by atoms with Crippen LogP contribution >= 0.6 is 0 Å². The number of aromatic hydroxyl groups is 1. The lowest BCUT2D eigenvalue weighted by molar-refractivity contribution is 0.102. The predicted octanol–water partition coefficient (Wildman–Crippen LogP) is 4.37. The highest BCUT2D eigenvalue weighted by Crippen LogP contribution is 2.36. The summed E-state index contributed by atoms with van der Waals surface area (Å²) in [4.78, 5) is 12.4. The van der Waals surface area contributed by atoms with Gasteiger partial charge in [0.15, 0.2) is 0 Å². The molecular formula is C19H14N2O2. The number of benzene rings is 3. The normalized spacial score (nSPS) is 12.4. The highest BCUT2D eigenvalue weighted by Gasteiger charge is 2.19. The Bertz CT molecular complexity index is 919. The van der Waals surface area contributed by atoms with Crippen molar-refractivity contribution in [2.24, 2.45) is 0 Å². The molecule has 0 saturated carbocycles. The molecule has 0 radical (unpaired) electrons. The van der Waals surface area contributed by atoms with Gasteiger partial charge in [-0.15, -0.1) is 0 Å². The zero-order chi connectivity index (χ0) is 15.8. The summed E-state index contributed by atoms with van der Waals surface area (Å²) < 4.78 is 0. The van der Waals surface area contributed by atoms with Gasteiger partial charge in [-0.25, -0.2) is 0 Å². The second-order valence-electron chi connectivity index (χ2n) is 5.40. The molecule has 1 heterocycles. The number of phenolic OH excluding ortho intramolecular Hbond substituents is 1. The molecule has 1 amide bonds. The minimum atomic E-state index is -0.152. The quantitative estimate of drug-likeness (QED) is 0.625. The van der Waals surface area contributed by atoms with Crippen LogP contribution in [-0.4, -0.2) is 11.0 Å². The van der Waals surface area contributed by atoms with Crippen molar-refractivity contribution in [2.75, 3.05) is 10.6 Å². The first-order valence-electron chi connectivity index (χ1n) is 7.32. The van der Waals surface area contributed by atoms with Crippen LogP contribution < -0.4 is 10.6 Å². The first kappa shape index (κ1) is 13.4. The van der Waals surface area contributed by atoms with Crippen molar-refractivity contribution in [3.8, 4) is 16.9 Å². The minimum absolute atomic E-state index is 0.152. The molecule has 0 bridgehead atoms. The fraction of sp³-hybridized carbons (Fsp3) is 0. The van der Waals surface area contributed by atoms with Crippen LogP contribution in [0.1, 0.15) is 10.4 Å². The second-order valence-corrected chi connectivity index (χ2v) is 5.40. The summed E-state index contributed by atoms with van der Waals surface area (Å²) in [6.45, 7) is 0. The maximum absolute atomic E-state index is 12.4. The van der Waals surface area contributed by atoms with E-state index in [1.54, 1.807) is 18.2 Å². The average molecular weight is 302 g/mol. The first-order valence-corrected chi connectivity index (χ1v) is 7.32. The number of nitrogens with one attached hydrogen (secondary N) is 2. The molecule has 0 saturated heterocycles. The van der Waals surface area contributed by atoms with Gasteiger partial charge in [0.1, 0.15) is 5.75 Å². The maximum Gasteiger partial charge on any atom is 0.257 e. The molecule has 4 heteroatoms. The fourth-order valence-electron chi connectivity index (χ4n) is 2.77. The molecule has 0 unspecified atom stereocenters. The Labute approximate surface area is 133 Å². The number of fused-ring (bicyclic) bond motifs is 2. The molecule has 1 aliphatic heterocycles. The molecule has 0 aromatic heterocycles. The van der Waals surface area contributed by atoms with Crippen molar-refractivity contribution in [1.82, 2.24) is 0 Å². The van der Waals surface area contributed by atoms with Crippen LogP contribution in [0.2, 0.25) is 0 Å². The zero-order valence-corrected chi connectivity index (χ0v) is 12.2. The lowest BCUT2D eigenvalue weighted by Crippen LogP contribution is -2.10. The largest absolute Gasteiger partial charge is 0.507 e. The van der Waals surface area contributed by atoms with Crippen molar-refractivity contribution >= 4 is 23.0 Å². The Kier molecular flexibility index (Phi) is 3.01. The molecule has 112 valence electrons. The van der Waals surface area contributed by atoms with Crippen molar-refractivity contribution in [1.29, 1.82) is 0 Å². The highest BCUT2D eigenvalue weighted by atomic mass is 16.3. The second kappa shape index (κ2) is 5.18. The van der Waals surface area contributed by atoms with Crippen LogP contribution in [0, 0.1) is 0 Å². The van der Waals surface area contributed by atoms with Gasteiger partial charge >= 0.3 is 0 Å². The fourth-order valence-corrected chi connectivity index (χ4v) is 2.77. The van der Waals surface area contributed by atoms with Crippen molar-refractivity contribution < 1.29 is 9.90 Å². The number of hydrogen-bond acceptors (Lipinski definition) is 3. The van der Waals surface area contributed by atoms with E-state index in [1.807, 2.05) is 48.5 Å². The van der Waals surface area contributed by atoms with Crippen molar-refractivity contribution in [3.63, 3.8) is 0 Å². The van der Waals surface area contributed by atoms with Crippen molar-refractivity contribution in [2.45, 2.75) is 0 Å². The zero-order valence-electron chi connectivity index (χ0n) is 12.2. The van der Waals surface area contributed by atoms with E-state index >= 15 is 0 Å². The van der Waals surface area contributed by atoms with Crippen molar-refractivity contribution in [3.05, 3.63) is 72.3 Å². The van der Waals surface area contributed by atoms with Gasteiger partial charge in [0.25, 0.3) is 5.91 Å². The summed E-state index contributed by atoms with van der Waals surface area (Å²) in [5, 5.41) is 16.2. The van der Waals surface area contributed by atoms with E-state index in [0.29, 0.717) is 11.3 Å². The van der Waals surface area contributed by atoms with Gasteiger partial charge in [-0.1, -0.05) is 36.4 Å². The van der Waals surface area contributed by atoms with Crippen LogP contribution in [0.5, 0.6) is 5.75 Å². The van der Waals surface area contributed by atoms with E-state index < -0.39 is 0 Å². The van der Waals surface area contributed by atoms with Gasteiger partial charge < -0.3 is 15.7 Å². The molecule has 0 atom stereocenters. The number of rotatable bonds is 1. The number of amides is 1. The molecule has 23 heavy (non-hydrogen) atoms. The number of hydrogen-bond donors (Lipinski definition) is 3. The Morgan fingerprint density at radius 3 is 2.17 bits per heavy atom. The summed E-state index contributed by atoms with van der Waals surface area (Å²) in [7, 11) is 0. The van der Waals surface area contributed by atoms with E-state index in [2.05, 4.69) is 10.6 Å². The van der Waals surface area contributed by atoms with E-state index in [-0.39, 0.29) is 11.7 Å². The minimum Gasteiger partial charge on any atom is -0.507 e. The number of carbonyl (C=O) groups excluding carboxylic acids is 1. The monoisotopic (exact) mass is 302 g/mol. The average Bonchev–Trinajstić information content (AvgIpc) is 2.70.